The van der Waals surface area contributed by atoms with Gasteiger partial charge < -0.3 is 5.32 Å². The summed E-state index contributed by atoms with van der Waals surface area (Å²) >= 11 is 0. The molecule has 1 unspecified atom stereocenters. The van der Waals surface area contributed by atoms with Crippen molar-refractivity contribution in [3.63, 3.8) is 0 Å². The van der Waals surface area contributed by atoms with Crippen molar-refractivity contribution in [2.75, 3.05) is 0 Å². The molecule has 21 heavy (non-hydrogen) atoms. The summed E-state index contributed by atoms with van der Waals surface area (Å²) in [5.41, 5.74) is -0.141. The smallest absolute Gasteiger partial charge is 0.324 e. The number of carbonyl (C=O) groups excluding carboxylic acids is 2. The fraction of sp³-hybridized carbons (Fsp3) is 0.882. The number of nitrogens with zero attached hydrogens (tertiary/aromatic N) is 1. The average Bonchev–Trinajstić information content (AvgIpc) is 2.35. The molecule has 0 aromatic rings. The van der Waals surface area contributed by atoms with Gasteiger partial charge in [-0.25, -0.2) is 4.79 Å². The Balaban J connectivity index is 1.61. The van der Waals surface area contributed by atoms with E-state index in [0.29, 0.717) is 12.3 Å². The van der Waals surface area contributed by atoms with Crippen LogP contribution in [0.1, 0.15) is 58.8 Å². The molecule has 0 radical (unpaired) electrons. The highest BCUT2D eigenvalue weighted by atomic mass is 16.2. The first kappa shape index (κ1) is 13.6. The minimum absolute atomic E-state index is 0.00941. The number of urea groups is 1. The summed E-state index contributed by atoms with van der Waals surface area (Å²) < 4.78 is 0. The van der Waals surface area contributed by atoms with Crippen LogP contribution in [0.5, 0.6) is 0 Å². The van der Waals surface area contributed by atoms with Crippen LogP contribution in [0, 0.1) is 23.7 Å². The van der Waals surface area contributed by atoms with E-state index >= 15 is 0 Å². The van der Waals surface area contributed by atoms with Crippen LogP contribution in [0.4, 0.5) is 4.79 Å². The Kier molecular flexibility index (Phi) is 2.89. The zero-order valence-electron chi connectivity index (χ0n) is 13.1. The van der Waals surface area contributed by atoms with Crippen molar-refractivity contribution in [1.82, 2.24) is 10.2 Å². The van der Waals surface area contributed by atoms with Crippen LogP contribution in [0.3, 0.4) is 0 Å². The Hall–Kier alpha value is -1.06. The first-order valence-electron chi connectivity index (χ1n) is 8.60. The van der Waals surface area contributed by atoms with E-state index in [0.717, 1.165) is 37.0 Å². The number of hydrogen-bond acceptors (Lipinski definition) is 2. The minimum Gasteiger partial charge on any atom is -0.334 e. The van der Waals surface area contributed by atoms with Crippen molar-refractivity contribution < 1.29 is 9.59 Å². The van der Waals surface area contributed by atoms with Crippen molar-refractivity contribution in [2.45, 2.75) is 70.4 Å². The van der Waals surface area contributed by atoms with Crippen LogP contribution in [-0.2, 0) is 4.79 Å². The molecule has 1 heterocycles. The van der Waals surface area contributed by atoms with E-state index in [1.807, 2.05) is 0 Å². The van der Waals surface area contributed by atoms with Gasteiger partial charge in [-0.15, -0.1) is 0 Å². The van der Waals surface area contributed by atoms with Crippen LogP contribution in [0.15, 0.2) is 0 Å². The van der Waals surface area contributed by atoms with Crippen molar-refractivity contribution in [1.29, 1.82) is 0 Å². The van der Waals surface area contributed by atoms with Gasteiger partial charge in [0.2, 0.25) is 5.91 Å². The maximum atomic E-state index is 12.7. The second kappa shape index (κ2) is 4.47. The van der Waals surface area contributed by atoms with Crippen molar-refractivity contribution >= 4 is 11.9 Å². The maximum absolute atomic E-state index is 12.7. The van der Waals surface area contributed by atoms with Gasteiger partial charge in [-0.2, -0.15) is 0 Å². The molecule has 1 atom stereocenters. The van der Waals surface area contributed by atoms with E-state index in [2.05, 4.69) is 19.2 Å². The van der Waals surface area contributed by atoms with Gasteiger partial charge in [0, 0.05) is 12.5 Å². The van der Waals surface area contributed by atoms with Crippen LogP contribution in [0.25, 0.3) is 0 Å². The average molecular weight is 290 g/mol. The molecule has 4 saturated carbocycles. The number of amides is 3. The zero-order valence-corrected chi connectivity index (χ0v) is 13.1. The predicted octanol–water partition coefficient (Wildman–Crippen LogP) is 2.92. The van der Waals surface area contributed by atoms with Crippen LogP contribution in [0.2, 0.25) is 0 Å². The fourth-order valence-corrected chi connectivity index (χ4v) is 5.89. The third kappa shape index (κ3) is 2.01. The van der Waals surface area contributed by atoms with Crippen molar-refractivity contribution in [3.05, 3.63) is 0 Å². The van der Waals surface area contributed by atoms with E-state index in [4.69, 9.17) is 0 Å². The third-order valence-corrected chi connectivity index (χ3v) is 6.44. The summed E-state index contributed by atoms with van der Waals surface area (Å²) in [7, 11) is 0. The fourth-order valence-electron chi connectivity index (χ4n) is 5.89. The van der Waals surface area contributed by atoms with Crippen molar-refractivity contribution in [2.24, 2.45) is 23.7 Å². The van der Waals surface area contributed by atoms with Gasteiger partial charge in [0.15, 0.2) is 0 Å². The molecule has 5 aliphatic rings. The van der Waals surface area contributed by atoms with E-state index < -0.39 is 0 Å². The first-order valence-corrected chi connectivity index (χ1v) is 8.60. The van der Waals surface area contributed by atoms with Gasteiger partial charge in [-0.3, -0.25) is 9.69 Å². The van der Waals surface area contributed by atoms with E-state index in [1.165, 1.54) is 19.3 Å². The van der Waals surface area contributed by atoms with Gasteiger partial charge in [-0.1, -0.05) is 13.8 Å². The third-order valence-electron chi connectivity index (χ3n) is 6.44. The standard InChI is InChI=1S/C17H26N2O2/c1-10(2)14-6-15(20)19(16(21)18-14)17-7-11-3-12(8-17)5-13(4-11)9-17/h10-14H,3-9H2,1-2H3,(H,18,21). The Bertz CT molecular complexity index is 432. The predicted molar refractivity (Wildman–Crippen MR) is 79.5 cm³/mol. The molecule has 1 aliphatic heterocycles. The Morgan fingerprint density at radius 2 is 1.57 bits per heavy atom. The van der Waals surface area contributed by atoms with Crippen LogP contribution in [-0.4, -0.2) is 28.4 Å². The van der Waals surface area contributed by atoms with E-state index in [9.17, 15) is 9.59 Å². The van der Waals surface area contributed by atoms with Gasteiger partial charge in [0.05, 0.1) is 5.54 Å². The molecule has 0 aromatic carbocycles. The molecular formula is C17H26N2O2. The Labute approximate surface area is 126 Å². The summed E-state index contributed by atoms with van der Waals surface area (Å²) in [6, 6.07) is -0.109. The summed E-state index contributed by atoms with van der Waals surface area (Å²) in [5.74, 6) is 2.63. The number of nitrogens with one attached hydrogen (secondary N) is 1. The Morgan fingerprint density at radius 3 is 2.00 bits per heavy atom. The quantitative estimate of drug-likeness (QED) is 0.850. The second-order valence-corrected chi connectivity index (χ2v) is 8.38. The normalized spacial score (nSPS) is 45.4. The molecule has 5 fully saturated rings. The number of rotatable bonds is 2. The van der Waals surface area contributed by atoms with Crippen LogP contribution >= 0.6 is 0 Å². The monoisotopic (exact) mass is 290 g/mol. The summed E-state index contributed by atoms with van der Waals surface area (Å²) in [6.45, 7) is 4.14. The van der Waals surface area contributed by atoms with E-state index in [-0.39, 0.29) is 23.5 Å². The molecule has 3 amide bonds. The molecular weight excluding hydrogens is 264 g/mol. The minimum atomic E-state index is -0.141. The topological polar surface area (TPSA) is 49.4 Å². The van der Waals surface area contributed by atoms with Gasteiger partial charge in [0.1, 0.15) is 0 Å². The number of carbonyl (C=O) groups is 2. The molecule has 4 aliphatic carbocycles. The molecule has 4 nitrogen and oxygen atoms in total. The molecule has 4 heteroatoms. The van der Waals surface area contributed by atoms with Crippen LogP contribution < -0.4 is 5.32 Å². The number of imide groups is 1. The SMILES string of the molecule is CC(C)C1CC(=O)N(C23CC4CC(CC(C4)C2)C3)C(=O)N1. The van der Waals surface area contributed by atoms with Gasteiger partial charge in [-0.05, 0) is 62.2 Å². The maximum Gasteiger partial charge on any atom is 0.324 e. The lowest BCUT2D eigenvalue weighted by Crippen LogP contribution is -2.68. The summed E-state index contributed by atoms with van der Waals surface area (Å²) in [6.07, 6.45) is 7.65. The molecule has 0 spiro atoms. The molecule has 1 N–H and O–H groups in total. The molecule has 4 bridgehead atoms. The Morgan fingerprint density at radius 1 is 1.05 bits per heavy atom. The lowest BCUT2D eigenvalue weighted by Gasteiger charge is -2.60. The van der Waals surface area contributed by atoms with E-state index in [1.54, 1.807) is 4.90 Å². The highest BCUT2D eigenvalue weighted by molar-refractivity contribution is 5.98. The largest absolute Gasteiger partial charge is 0.334 e. The van der Waals surface area contributed by atoms with Gasteiger partial charge in [0.25, 0.3) is 0 Å². The molecule has 5 rings (SSSR count). The summed E-state index contributed by atoms with van der Waals surface area (Å²) in [4.78, 5) is 27.0. The van der Waals surface area contributed by atoms with Crippen molar-refractivity contribution in [3.8, 4) is 0 Å². The zero-order chi connectivity index (χ0) is 14.8. The second-order valence-electron chi connectivity index (χ2n) is 8.38. The van der Waals surface area contributed by atoms with Gasteiger partial charge >= 0.3 is 6.03 Å². The molecule has 116 valence electrons. The highest BCUT2D eigenvalue weighted by Gasteiger charge is 2.57. The molecule has 1 saturated heterocycles. The number of hydrogen-bond donors (Lipinski definition) is 1. The molecule has 0 aromatic heterocycles. The lowest BCUT2D eigenvalue weighted by molar-refractivity contribution is -0.146. The lowest BCUT2D eigenvalue weighted by atomic mass is 9.52. The highest BCUT2D eigenvalue weighted by Crippen LogP contribution is 2.58. The first-order chi connectivity index (χ1) is 9.97. The summed E-state index contributed by atoms with van der Waals surface area (Å²) in [5, 5.41) is 3.09.